The van der Waals surface area contributed by atoms with Crippen molar-refractivity contribution in [2.45, 2.75) is 12.5 Å². The first-order chi connectivity index (χ1) is 4.04. The van der Waals surface area contributed by atoms with Crippen LogP contribution in [0.4, 0.5) is 0 Å². The van der Waals surface area contributed by atoms with E-state index in [0.717, 1.165) is 0 Å². The van der Waals surface area contributed by atoms with Crippen molar-refractivity contribution in [2.75, 3.05) is 0 Å². The van der Waals surface area contributed by atoms with Crippen molar-refractivity contribution < 1.29 is 98.5 Å². The summed E-state index contributed by atoms with van der Waals surface area (Å²) in [6.07, 6.45) is -0.310. The smallest absolute Gasteiger partial charge is 1.00 e. The number of carbonyl (C=O) groups is 2. The summed E-state index contributed by atoms with van der Waals surface area (Å²) in [5.41, 5.74) is 9.57. The Kier molecular flexibility index (Phi) is 16.0. The molecule has 0 saturated carbocycles. The zero-order chi connectivity index (χ0) is 7.44. The minimum atomic E-state index is -1.21. The fourth-order valence-electron chi connectivity index (χ4n) is 0.304. The molecule has 1 amide bonds. The van der Waals surface area contributed by atoms with E-state index in [1.807, 2.05) is 0 Å². The number of hydrogen-bond acceptors (Lipinski definition) is 3. The molecule has 7 heteroatoms. The maximum Gasteiger partial charge on any atom is 1.00 e. The largest absolute Gasteiger partial charge is 1.00 e. The minimum absolute atomic E-state index is 0. The molecule has 0 unspecified atom stereocenters. The van der Waals surface area contributed by atoms with Crippen LogP contribution >= 0.6 is 0 Å². The molecule has 0 bridgehead atoms. The molecular weight excluding hydrogens is 186 g/mol. The van der Waals surface area contributed by atoms with Gasteiger partial charge in [0.25, 0.3) is 0 Å². The van der Waals surface area contributed by atoms with Gasteiger partial charge in [0.15, 0.2) is 0 Å². The van der Waals surface area contributed by atoms with Gasteiger partial charge in [-0.25, -0.2) is 0 Å². The standard InChI is InChI=1S/C4H8N2O3.K.Na.2H/c5-2(4(8)9)1-3(6)7;;;;/h2H,1,5H2,(H2,6,7)(H,8,9);;;;/q;2*+1;2*-1/t2-;;;;/m0..../s1. The van der Waals surface area contributed by atoms with Crippen LogP contribution in [0.25, 0.3) is 0 Å². The monoisotopic (exact) mass is 196 g/mol. The van der Waals surface area contributed by atoms with Crippen molar-refractivity contribution in [2.24, 2.45) is 11.5 Å². The van der Waals surface area contributed by atoms with Gasteiger partial charge in [-0.1, -0.05) is 0 Å². The number of carbonyl (C=O) groups excluding carboxylic acids is 1. The van der Waals surface area contributed by atoms with E-state index >= 15 is 0 Å². The average molecular weight is 196 g/mol. The molecule has 0 aromatic carbocycles. The van der Waals surface area contributed by atoms with Crippen LogP contribution in [0.15, 0.2) is 0 Å². The summed E-state index contributed by atoms with van der Waals surface area (Å²) >= 11 is 0. The second kappa shape index (κ2) is 9.62. The van der Waals surface area contributed by atoms with E-state index in [1.54, 1.807) is 0 Å². The molecule has 0 aliphatic carbocycles. The number of carboxylic acid groups (broad SMARTS) is 1. The number of rotatable bonds is 3. The normalized spacial score (nSPS) is 10.3. The first-order valence-corrected chi connectivity index (χ1v) is 2.30. The summed E-state index contributed by atoms with van der Waals surface area (Å²) in [7, 11) is 0. The van der Waals surface area contributed by atoms with E-state index < -0.39 is 17.9 Å². The molecule has 0 heterocycles. The van der Waals surface area contributed by atoms with Gasteiger partial charge < -0.3 is 19.4 Å². The Morgan fingerprint density at radius 1 is 1.55 bits per heavy atom. The Bertz CT molecular complexity index is 151. The van der Waals surface area contributed by atoms with Gasteiger partial charge in [-0.3, -0.25) is 9.59 Å². The van der Waals surface area contributed by atoms with Gasteiger partial charge in [-0.2, -0.15) is 0 Å². The number of amides is 1. The Hall–Kier alpha value is 1.54. The summed E-state index contributed by atoms with van der Waals surface area (Å²) in [5, 5.41) is 8.10. The van der Waals surface area contributed by atoms with Gasteiger partial charge in [-0.15, -0.1) is 0 Å². The average Bonchev–Trinajstić information content (AvgIpc) is 1.63. The number of nitrogens with two attached hydrogens (primary N) is 2. The molecular formula is C4H10KN2NaO3. The molecule has 0 spiro atoms. The molecule has 5 N–H and O–H groups in total. The first-order valence-electron chi connectivity index (χ1n) is 2.30. The predicted octanol–water partition coefficient (Wildman–Crippen LogP) is -7.49. The molecule has 0 rings (SSSR count). The zero-order valence-corrected chi connectivity index (χ0v) is 11.8. The van der Waals surface area contributed by atoms with E-state index in [4.69, 9.17) is 10.8 Å². The Morgan fingerprint density at radius 3 is 2.00 bits per heavy atom. The zero-order valence-electron chi connectivity index (χ0n) is 8.70. The van der Waals surface area contributed by atoms with Crippen LogP contribution in [0.2, 0.25) is 0 Å². The summed E-state index contributed by atoms with van der Waals surface area (Å²) < 4.78 is 0. The molecule has 0 aliphatic rings. The first kappa shape index (κ1) is 18.3. The van der Waals surface area contributed by atoms with Gasteiger partial charge >= 0.3 is 86.9 Å². The molecule has 0 aromatic rings. The second-order valence-corrected chi connectivity index (χ2v) is 1.62. The van der Waals surface area contributed by atoms with Crippen LogP contribution in [-0.2, 0) is 9.59 Å². The summed E-state index contributed by atoms with van der Waals surface area (Å²) in [4.78, 5) is 19.9. The molecule has 0 radical (unpaired) electrons. The molecule has 0 aromatic heterocycles. The number of hydrogen-bond donors (Lipinski definition) is 3. The van der Waals surface area contributed by atoms with Crippen molar-refractivity contribution in [1.82, 2.24) is 0 Å². The predicted molar refractivity (Wildman–Crippen MR) is 31.6 cm³/mol. The van der Waals surface area contributed by atoms with Crippen molar-refractivity contribution >= 4 is 11.9 Å². The van der Waals surface area contributed by atoms with Crippen molar-refractivity contribution in [3.05, 3.63) is 0 Å². The topological polar surface area (TPSA) is 106 Å². The molecule has 11 heavy (non-hydrogen) atoms. The summed E-state index contributed by atoms with van der Waals surface area (Å²) in [5.74, 6) is -1.92. The van der Waals surface area contributed by atoms with Crippen molar-refractivity contribution in [3.63, 3.8) is 0 Å². The number of carboxylic acids is 1. The Balaban J connectivity index is -0.0000000533. The number of primary amides is 1. The summed E-state index contributed by atoms with van der Waals surface area (Å²) in [6, 6.07) is -1.16. The van der Waals surface area contributed by atoms with Crippen LogP contribution < -0.4 is 92.4 Å². The molecule has 1 atom stereocenters. The maximum atomic E-state index is 9.99. The molecule has 56 valence electrons. The third kappa shape index (κ3) is 11.5. The maximum absolute atomic E-state index is 9.99. The molecule has 5 nitrogen and oxygen atoms in total. The minimum Gasteiger partial charge on any atom is -1.00 e. The Morgan fingerprint density at radius 2 is 1.91 bits per heavy atom. The molecule has 0 fully saturated rings. The van der Waals surface area contributed by atoms with E-state index in [-0.39, 0.29) is 90.2 Å². The molecule has 0 aliphatic heterocycles. The van der Waals surface area contributed by atoms with Gasteiger partial charge in [0.1, 0.15) is 6.04 Å². The van der Waals surface area contributed by atoms with E-state index in [0.29, 0.717) is 0 Å². The van der Waals surface area contributed by atoms with E-state index in [2.05, 4.69) is 5.73 Å². The van der Waals surface area contributed by atoms with Gasteiger partial charge in [-0.05, 0) is 0 Å². The third-order valence-corrected chi connectivity index (χ3v) is 0.738. The fraction of sp³-hybridized carbons (Fsp3) is 0.500. The quantitative estimate of drug-likeness (QED) is 0.390. The van der Waals surface area contributed by atoms with E-state index in [9.17, 15) is 9.59 Å². The SMILES string of the molecule is NC(=O)C[C@H](N)C(=O)O.[H-].[H-].[K+].[Na+]. The van der Waals surface area contributed by atoms with Crippen LogP contribution in [-0.4, -0.2) is 23.0 Å². The van der Waals surface area contributed by atoms with Crippen molar-refractivity contribution in [3.8, 4) is 0 Å². The van der Waals surface area contributed by atoms with E-state index in [1.165, 1.54) is 0 Å². The molecule has 0 saturated heterocycles. The van der Waals surface area contributed by atoms with Crippen LogP contribution in [0.5, 0.6) is 0 Å². The van der Waals surface area contributed by atoms with Crippen LogP contribution in [0.3, 0.4) is 0 Å². The van der Waals surface area contributed by atoms with Crippen LogP contribution in [0.1, 0.15) is 9.27 Å². The summed E-state index contributed by atoms with van der Waals surface area (Å²) in [6.45, 7) is 0. The van der Waals surface area contributed by atoms with Crippen molar-refractivity contribution in [1.29, 1.82) is 0 Å². The third-order valence-electron chi connectivity index (χ3n) is 0.738. The van der Waals surface area contributed by atoms with Gasteiger partial charge in [0, 0.05) is 0 Å². The number of aliphatic carboxylic acids is 1. The fourth-order valence-corrected chi connectivity index (χ4v) is 0.304. The van der Waals surface area contributed by atoms with Crippen LogP contribution in [0, 0.1) is 0 Å². The Labute approximate surface area is 132 Å². The van der Waals surface area contributed by atoms with Gasteiger partial charge in [0.2, 0.25) is 5.91 Å². The second-order valence-electron chi connectivity index (χ2n) is 1.62. The van der Waals surface area contributed by atoms with Gasteiger partial charge in [0.05, 0.1) is 6.42 Å².